The Labute approximate surface area is 127 Å². The lowest BCUT2D eigenvalue weighted by Gasteiger charge is -2.40. The predicted octanol–water partition coefficient (Wildman–Crippen LogP) is 2.63. The van der Waals surface area contributed by atoms with Gasteiger partial charge < -0.3 is 5.32 Å². The number of hydrogen-bond acceptors (Lipinski definition) is 3. The first kappa shape index (κ1) is 14.5. The van der Waals surface area contributed by atoms with Gasteiger partial charge in [0, 0.05) is 43.6 Å². The number of para-hydroxylation sites is 1. The fourth-order valence-electron chi connectivity index (χ4n) is 3.28. The van der Waals surface area contributed by atoms with Gasteiger partial charge in [-0.1, -0.05) is 25.1 Å². The van der Waals surface area contributed by atoms with Crippen molar-refractivity contribution in [3.63, 3.8) is 0 Å². The number of hydrogen-bond donors (Lipinski definition) is 1. The molecular formula is C17H26N4. The smallest absolute Gasteiger partial charge is 0.0843 e. The summed E-state index contributed by atoms with van der Waals surface area (Å²) >= 11 is 0. The number of nitrogens with one attached hydrogen (secondary N) is 1. The van der Waals surface area contributed by atoms with Crippen molar-refractivity contribution < 1.29 is 0 Å². The van der Waals surface area contributed by atoms with Gasteiger partial charge in [0.25, 0.3) is 0 Å². The van der Waals surface area contributed by atoms with Crippen molar-refractivity contribution in [2.24, 2.45) is 0 Å². The Morgan fingerprint density at radius 3 is 2.86 bits per heavy atom. The average Bonchev–Trinajstić information content (AvgIpc) is 2.86. The van der Waals surface area contributed by atoms with Crippen LogP contribution in [0.15, 0.2) is 24.3 Å². The lowest BCUT2D eigenvalue weighted by Crippen LogP contribution is -2.58. The van der Waals surface area contributed by atoms with Crippen LogP contribution in [0.4, 0.5) is 0 Å². The molecule has 2 heterocycles. The summed E-state index contributed by atoms with van der Waals surface area (Å²) in [6, 6.07) is 8.58. The summed E-state index contributed by atoms with van der Waals surface area (Å²) in [5.74, 6) is 0. The van der Waals surface area contributed by atoms with Crippen LogP contribution >= 0.6 is 0 Å². The molecule has 0 aliphatic carbocycles. The van der Waals surface area contributed by atoms with Crippen LogP contribution in [0.2, 0.25) is 0 Å². The zero-order chi connectivity index (χ0) is 14.9. The summed E-state index contributed by atoms with van der Waals surface area (Å²) in [5, 5.41) is 9.78. The highest BCUT2D eigenvalue weighted by molar-refractivity contribution is 5.81. The number of piperazine rings is 1. The van der Waals surface area contributed by atoms with Gasteiger partial charge in [-0.15, -0.1) is 0 Å². The van der Waals surface area contributed by atoms with E-state index >= 15 is 0 Å². The molecule has 2 aromatic rings. The maximum absolute atomic E-state index is 4.83. The average molecular weight is 286 g/mol. The van der Waals surface area contributed by atoms with Crippen molar-refractivity contribution in [3.8, 4) is 0 Å². The van der Waals surface area contributed by atoms with Crippen molar-refractivity contribution in [1.29, 1.82) is 0 Å². The van der Waals surface area contributed by atoms with E-state index in [1.807, 2.05) is 0 Å². The van der Waals surface area contributed by atoms with Crippen LogP contribution in [-0.2, 0) is 13.1 Å². The van der Waals surface area contributed by atoms with Gasteiger partial charge in [-0.05, 0) is 26.3 Å². The van der Waals surface area contributed by atoms with Gasteiger partial charge in [0.1, 0.15) is 0 Å². The van der Waals surface area contributed by atoms with E-state index < -0.39 is 0 Å². The Kier molecular flexibility index (Phi) is 4.00. The van der Waals surface area contributed by atoms with Crippen molar-refractivity contribution in [2.45, 2.75) is 45.8 Å². The molecule has 1 aliphatic heterocycles. The maximum Gasteiger partial charge on any atom is 0.0843 e. The first-order chi connectivity index (χ1) is 10.1. The Hall–Kier alpha value is -1.39. The summed E-state index contributed by atoms with van der Waals surface area (Å²) in [6.45, 7) is 11.9. The van der Waals surface area contributed by atoms with Crippen LogP contribution in [0, 0.1) is 0 Å². The van der Waals surface area contributed by atoms with E-state index in [0.717, 1.165) is 39.1 Å². The highest BCUT2D eigenvalue weighted by Crippen LogP contribution is 2.22. The summed E-state index contributed by atoms with van der Waals surface area (Å²) in [7, 11) is 0. The Bertz CT molecular complexity index is 618. The molecule has 1 fully saturated rings. The van der Waals surface area contributed by atoms with E-state index in [0.29, 0.717) is 0 Å². The zero-order valence-electron chi connectivity index (χ0n) is 13.4. The third-order valence-corrected chi connectivity index (χ3v) is 4.74. The number of aryl methyl sites for hydroxylation is 1. The molecule has 3 rings (SSSR count). The summed E-state index contributed by atoms with van der Waals surface area (Å²) < 4.78 is 2.12. The third kappa shape index (κ3) is 2.83. The van der Waals surface area contributed by atoms with Crippen LogP contribution in [-0.4, -0.2) is 39.9 Å². The molecule has 1 saturated heterocycles. The second-order valence-electron chi connectivity index (χ2n) is 6.33. The fraction of sp³-hybridized carbons (Fsp3) is 0.588. The van der Waals surface area contributed by atoms with Gasteiger partial charge >= 0.3 is 0 Å². The molecule has 0 saturated carbocycles. The standard InChI is InChI=1S/C17H26N4/c1-4-17(3)13-20(11-10-18-17)12-15-14-8-6-7-9-16(14)21(5-2)19-15/h6-9,18H,4-5,10-13H2,1-3H3. The van der Waals surface area contributed by atoms with E-state index in [9.17, 15) is 0 Å². The molecule has 0 spiro atoms. The Balaban J connectivity index is 1.85. The molecule has 0 radical (unpaired) electrons. The van der Waals surface area contributed by atoms with Gasteiger partial charge in [-0.3, -0.25) is 9.58 Å². The summed E-state index contributed by atoms with van der Waals surface area (Å²) in [4.78, 5) is 2.54. The number of aromatic nitrogens is 2. The number of fused-ring (bicyclic) bond motifs is 1. The van der Waals surface area contributed by atoms with E-state index in [1.165, 1.54) is 16.6 Å². The second-order valence-corrected chi connectivity index (χ2v) is 6.33. The van der Waals surface area contributed by atoms with Crippen molar-refractivity contribution in [2.75, 3.05) is 19.6 Å². The minimum Gasteiger partial charge on any atom is -0.309 e. The van der Waals surface area contributed by atoms with Crippen molar-refractivity contribution >= 4 is 10.9 Å². The zero-order valence-corrected chi connectivity index (χ0v) is 13.4. The van der Waals surface area contributed by atoms with E-state index in [2.05, 4.69) is 59.9 Å². The maximum atomic E-state index is 4.83. The number of rotatable bonds is 4. The molecule has 114 valence electrons. The number of benzene rings is 1. The molecule has 1 aliphatic rings. The van der Waals surface area contributed by atoms with E-state index in [1.54, 1.807) is 0 Å². The van der Waals surface area contributed by atoms with Gasteiger partial charge in [0.2, 0.25) is 0 Å². The summed E-state index contributed by atoms with van der Waals surface area (Å²) in [5.41, 5.74) is 2.71. The first-order valence-corrected chi connectivity index (χ1v) is 8.07. The van der Waals surface area contributed by atoms with Gasteiger partial charge in [-0.25, -0.2) is 0 Å². The molecule has 0 amide bonds. The van der Waals surface area contributed by atoms with Gasteiger partial charge in [0.05, 0.1) is 11.2 Å². The fourth-order valence-corrected chi connectivity index (χ4v) is 3.28. The Morgan fingerprint density at radius 1 is 1.29 bits per heavy atom. The SMILES string of the molecule is CCn1nc(CN2CCNC(C)(CC)C2)c2ccccc21. The molecular weight excluding hydrogens is 260 g/mol. The van der Waals surface area contributed by atoms with E-state index in [4.69, 9.17) is 5.10 Å². The highest BCUT2D eigenvalue weighted by atomic mass is 15.3. The molecule has 0 bridgehead atoms. The van der Waals surface area contributed by atoms with Crippen LogP contribution < -0.4 is 5.32 Å². The monoisotopic (exact) mass is 286 g/mol. The summed E-state index contributed by atoms with van der Waals surface area (Å²) in [6.07, 6.45) is 1.16. The largest absolute Gasteiger partial charge is 0.309 e. The van der Waals surface area contributed by atoms with Gasteiger partial charge in [0.15, 0.2) is 0 Å². The van der Waals surface area contributed by atoms with Crippen LogP contribution in [0.25, 0.3) is 10.9 Å². The molecule has 4 nitrogen and oxygen atoms in total. The number of nitrogens with zero attached hydrogens (tertiary/aromatic N) is 3. The quantitative estimate of drug-likeness (QED) is 0.938. The molecule has 1 atom stereocenters. The molecule has 1 aromatic heterocycles. The lowest BCUT2D eigenvalue weighted by molar-refractivity contribution is 0.132. The minimum absolute atomic E-state index is 0.237. The van der Waals surface area contributed by atoms with Crippen molar-refractivity contribution in [1.82, 2.24) is 20.0 Å². The molecule has 1 unspecified atom stereocenters. The van der Waals surface area contributed by atoms with Crippen molar-refractivity contribution in [3.05, 3.63) is 30.0 Å². The molecule has 1 N–H and O–H groups in total. The minimum atomic E-state index is 0.237. The highest BCUT2D eigenvalue weighted by Gasteiger charge is 2.29. The van der Waals surface area contributed by atoms with Crippen LogP contribution in [0.3, 0.4) is 0 Å². The molecule has 21 heavy (non-hydrogen) atoms. The van der Waals surface area contributed by atoms with Crippen LogP contribution in [0.5, 0.6) is 0 Å². The third-order valence-electron chi connectivity index (χ3n) is 4.74. The van der Waals surface area contributed by atoms with Gasteiger partial charge in [-0.2, -0.15) is 5.10 Å². The normalized spacial score (nSPS) is 23.8. The Morgan fingerprint density at radius 2 is 2.10 bits per heavy atom. The lowest BCUT2D eigenvalue weighted by atomic mass is 9.96. The topological polar surface area (TPSA) is 33.1 Å². The predicted molar refractivity (Wildman–Crippen MR) is 87.4 cm³/mol. The second kappa shape index (κ2) is 5.78. The first-order valence-electron chi connectivity index (χ1n) is 8.07. The molecule has 1 aromatic carbocycles. The molecule has 4 heteroatoms. The van der Waals surface area contributed by atoms with Crippen LogP contribution in [0.1, 0.15) is 32.9 Å². The van der Waals surface area contributed by atoms with E-state index in [-0.39, 0.29) is 5.54 Å².